The number of carbonyl (C=O) groups is 1. The highest BCUT2D eigenvalue weighted by Crippen LogP contribution is 2.36. The number of aryl methyl sites for hydroxylation is 1. The summed E-state index contributed by atoms with van der Waals surface area (Å²) in [5.41, 5.74) is 0.206. The quantitative estimate of drug-likeness (QED) is 0.494. The van der Waals surface area contributed by atoms with Crippen LogP contribution in [0.1, 0.15) is 49.5 Å². The van der Waals surface area contributed by atoms with Crippen LogP contribution in [0.3, 0.4) is 0 Å². The first kappa shape index (κ1) is 23.9. The molecule has 0 unspecified atom stereocenters. The molecule has 1 aromatic carbocycles. The highest BCUT2D eigenvalue weighted by molar-refractivity contribution is 7.21. The van der Waals surface area contributed by atoms with E-state index in [1.54, 1.807) is 0 Å². The van der Waals surface area contributed by atoms with Crippen molar-refractivity contribution in [2.24, 2.45) is 0 Å². The summed E-state index contributed by atoms with van der Waals surface area (Å²) < 4.78 is 47.7. The molecular formula is C24H25F3N4O3S. The number of rotatable bonds is 6. The summed E-state index contributed by atoms with van der Waals surface area (Å²) in [6.45, 7) is 1.13. The number of nitrogens with zero attached hydrogens (tertiary/aromatic N) is 4. The molecule has 11 heteroatoms. The summed E-state index contributed by atoms with van der Waals surface area (Å²) in [6.07, 6.45) is -1.77. The molecule has 0 bridgehead atoms. The number of ether oxygens (including phenoxy) is 1. The predicted octanol–water partition coefficient (Wildman–Crippen LogP) is 4.39. The third kappa shape index (κ3) is 4.84. The molecule has 0 aliphatic carbocycles. The van der Waals surface area contributed by atoms with Crippen molar-refractivity contribution in [1.29, 1.82) is 0 Å². The van der Waals surface area contributed by atoms with Gasteiger partial charge in [0.15, 0.2) is 21.3 Å². The van der Waals surface area contributed by atoms with Crippen molar-refractivity contribution in [2.45, 2.75) is 56.8 Å². The molecule has 0 radical (unpaired) electrons. The Hall–Kier alpha value is -2.79. The van der Waals surface area contributed by atoms with Gasteiger partial charge in [0.05, 0.1) is 6.04 Å². The molecule has 2 aromatic heterocycles. The fourth-order valence-electron chi connectivity index (χ4n) is 4.89. The molecular weight excluding hydrogens is 481 g/mol. The fraction of sp³-hybridized carbons (Fsp3) is 0.500. The number of fused-ring (bicyclic) bond motifs is 1. The highest BCUT2D eigenvalue weighted by atomic mass is 32.1. The van der Waals surface area contributed by atoms with Crippen LogP contribution in [-0.4, -0.2) is 46.1 Å². The van der Waals surface area contributed by atoms with Gasteiger partial charge in [0, 0.05) is 32.2 Å². The molecule has 7 nitrogen and oxygen atoms in total. The number of hydrogen-bond acceptors (Lipinski definition) is 7. The molecule has 2 aliphatic rings. The van der Waals surface area contributed by atoms with Gasteiger partial charge in [0.2, 0.25) is 5.82 Å². The number of hydrogen-bond donors (Lipinski definition) is 0. The van der Waals surface area contributed by atoms with E-state index in [4.69, 9.17) is 4.74 Å². The number of anilines is 1. The third-order valence-corrected chi connectivity index (χ3v) is 7.62. The van der Waals surface area contributed by atoms with Crippen molar-refractivity contribution >= 4 is 32.6 Å². The van der Waals surface area contributed by atoms with Gasteiger partial charge in [-0.1, -0.05) is 41.7 Å². The van der Waals surface area contributed by atoms with Gasteiger partial charge in [-0.2, -0.15) is 13.2 Å². The van der Waals surface area contributed by atoms with Gasteiger partial charge < -0.3 is 9.64 Å². The first-order valence-electron chi connectivity index (χ1n) is 11.7. The SMILES string of the molecule is O=C(CCc1ccccc1)[C@H]1CCCN1c1nc2c(=O)n(C3CCOCC3)c(C(F)(F)F)nc2s1. The van der Waals surface area contributed by atoms with Gasteiger partial charge in [0.1, 0.15) is 0 Å². The summed E-state index contributed by atoms with van der Waals surface area (Å²) in [4.78, 5) is 36.3. The molecule has 4 heterocycles. The van der Waals surface area contributed by atoms with Gasteiger partial charge in [-0.25, -0.2) is 9.97 Å². The molecule has 3 aromatic rings. The zero-order valence-electron chi connectivity index (χ0n) is 19.0. The standard InChI is InChI=1S/C24H25F3N4O3S/c25-24(26,27)22-29-20-19(21(33)31(22)16-10-13-34-14-11-16)28-23(35-20)30-12-4-7-17(30)18(32)9-8-15-5-2-1-3-6-15/h1-3,5-6,16-17H,4,7-14H2/t17-/m1/s1. The minimum atomic E-state index is -4.78. The second-order valence-electron chi connectivity index (χ2n) is 8.91. The zero-order valence-corrected chi connectivity index (χ0v) is 19.8. The number of ketones is 1. The monoisotopic (exact) mass is 506 g/mol. The zero-order chi connectivity index (χ0) is 24.6. The summed E-state index contributed by atoms with van der Waals surface area (Å²) in [5.74, 6) is -1.14. The van der Waals surface area contributed by atoms with Crippen LogP contribution >= 0.6 is 11.3 Å². The van der Waals surface area contributed by atoms with E-state index in [9.17, 15) is 22.8 Å². The van der Waals surface area contributed by atoms with Crippen LogP contribution in [0.4, 0.5) is 18.3 Å². The van der Waals surface area contributed by atoms with E-state index in [2.05, 4.69) is 9.97 Å². The summed E-state index contributed by atoms with van der Waals surface area (Å²) in [6, 6.07) is 8.68. The Morgan fingerprint density at radius 2 is 1.86 bits per heavy atom. The van der Waals surface area contributed by atoms with Crippen LogP contribution in [0.25, 0.3) is 10.3 Å². The molecule has 0 N–H and O–H groups in total. The Morgan fingerprint density at radius 3 is 2.57 bits per heavy atom. The van der Waals surface area contributed by atoms with Crippen LogP contribution in [0, 0.1) is 0 Å². The van der Waals surface area contributed by atoms with Gasteiger partial charge in [-0.05, 0) is 37.7 Å². The van der Waals surface area contributed by atoms with E-state index >= 15 is 0 Å². The molecule has 5 rings (SSSR count). The Bertz CT molecular complexity index is 1270. The number of benzene rings is 1. The third-order valence-electron chi connectivity index (χ3n) is 6.64. The van der Waals surface area contributed by atoms with Crippen molar-refractivity contribution in [3.63, 3.8) is 0 Å². The Balaban J connectivity index is 1.46. The van der Waals surface area contributed by atoms with E-state index < -0.39 is 29.6 Å². The lowest BCUT2D eigenvalue weighted by molar-refractivity contribution is -0.149. The largest absolute Gasteiger partial charge is 0.449 e. The second kappa shape index (κ2) is 9.69. The smallest absolute Gasteiger partial charge is 0.381 e. The minimum absolute atomic E-state index is 0.0528. The topological polar surface area (TPSA) is 77.3 Å². The molecule has 2 aliphatic heterocycles. The van der Waals surface area contributed by atoms with E-state index in [1.165, 1.54) is 0 Å². The summed E-state index contributed by atoms with van der Waals surface area (Å²) in [7, 11) is 0. The van der Waals surface area contributed by atoms with Crippen LogP contribution in [0.2, 0.25) is 0 Å². The van der Waals surface area contributed by atoms with Gasteiger partial charge in [-0.3, -0.25) is 14.2 Å². The molecule has 0 amide bonds. The van der Waals surface area contributed by atoms with Gasteiger partial charge >= 0.3 is 6.18 Å². The molecule has 2 saturated heterocycles. The van der Waals surface area contributed by atoms with E-state index in [0.29, 0.717) is 43.8 Å². The maximum absolute atomic E-state index is 13.9. The van der Waals surface area contributed by atoms with Crippen LogP contribution in [0.15, 0.2) is 35.1 Å². The predicted molar refractivity (Wildman–Crippen MR) is 126 cm³/mol. The van der Waals surface area contributed by atoms with Crippen LogP contribution in [-0.2, 0) is 22.1 Å². The van der Waals surface area contributed by atoms with Crippen molar-refractivity contribution in [3.05, 3.63) is 52.1 Å². The Kier molecular flexibility index (Phi) is 6.63. The molecule has 35 heavy (non-hydrogen) atoms. The lowest BCUT2D eigenvalue weighted by atomic mass is 10.0. The Morgan fingerprint density at radius 1 is 1.11 bits per heavy atom. The molecule has 0 saturated carbocycles. The first-order chi connectivity index (χ1) is 16.8. The summed E-state index contributed by atoms with van der Waals surface area (Å²) >= 11 is 0.943. The molecule has 0 spiro atoms. The van der Waals surface area contributed by atoms with Gasteiger partial charge in [-0.15, -0.1) is 0 Å². The minimum Gasteiger partial charge on any atom is -0.381 e. The van der Waals surface area contributed by atoms with Crippen LogP contribution < -0.4 is 10.5 Å². The van der Waals surface area contributed by atoms with E-state index in [1.807, 2.05) is 35.2 Å². The molecule has 2 fully saturated rings. The van der Waals surface area contributed by atoms with E-state index in [0.717, 1.165) is 27.9 Å². The maximum Gasteiger partial charge on any atom is 0.449 e. The average Bonchev–Trinajstić information content (AvgIpc) is 3.50. The highest BCUT2D eigenvalue weighted by Gasteiger charge is 2.40. The average molecular weight is 507 g/mol. The fourth-order valence-corrected chi connectivity index (χ4v) is 5.90. The maximum atomic E-state index is 13.9. The first-order valence-corrected chi connectivity index (χ1v) is 12.6. The summed E-state index contributed by atoms with van der Waals surface area (Å²) in [5, 5.41) is 0.373. The number of Topliss-reactive ketones (excluding diaryl/α,β-unsaturated/α-hetero) is 1. The number of alkyl halides is 3. The van der Waals surface area contributed by atoms with Crippen molar-refractivity contribution in [3.8, 4) is 0 Å². The van der Waals surface area contributed by atoms with Crippen molar-refractivity contribution in [1.82, 2.24) is 14.5 Å². The second-order valence-corrected chi connectivity index (χ2v) is 9.86. The molecule has 186 valence electrons. The van der Waals surface area contributed by atoms with Gasteiger partial charge in [0.25, 0.3) is 5.56 Å². The molecule has 1 atom stereocenters. The van der Waals surface area contributed by atoms with Crippen molar-refractivity contribution < 1.29 is 22.7 Å². The van der Waals surface area contributed by atoms with Crippen molar-refractivity contribution in [2.75, 3.05) is 24.7 Å². The lowest BCUT2D eigenvalue weighted by Gasteiger charge is -2.26. The normalized spacial score (nSPS) is 19.5. The number of carbonyl (C=O) groups excluding carboxylic acids is 1. The lowest BCUT2D eigenvalue weighted by Crippen LogP contribution is -2.36. The number of thiazole rings is 1. The Labute approximate surface area is 203 Å². The van der Waals surface area contributed by atoms with Crippen LogP contribution in [0.5, 0.6) is 0 Å². The number of halogens is 3. The number of aromatic nitrogens is 3. The van der Waals surface area contributed by atoms with E-state index in [-0.39, 0.29) is 29.3 Å².